The Hall–Kier alpha value is -1.89. The van der Waals surface area contributed by atoms with Crippen LogP contribution < -0.4 is 0 Å². The van der Waals surface area contributed by atoms with Crippen molar-refractivity contribution in [2.75, 3.05) is 12.9 Å². The average Bonchev–Trinajstić information content (AvgIpc) is 2.39. The van der Waals surface area contributed by atoms with E-state index in [0.717, 1.165) is 0 Å². The zero-order chi connectivity index (χ0) is 14.3. The summed E-state index contributed by atoms with van der Waals surface area (Å²) in [7, 11) is 0. The van der Waals surface area contributed by atoms with E-state index in [1.165, 1.54) is 30.1 Å². The second kappa shape index (κ2) is 7.52. The fourth-order valence-electron chi connectivity index (χ4n) is 1.27. The van der Waals surface area contributed by atoms with Gasteiger partial charge in [0, 0.05) is 11.8 Å². The zero-order valence-corrected chi connectivity index (χ0v) is 11.4. The highest BCUT2D eigenvalue weighted by atomic mass is 32.2. The van der Waals surface area contributed by atoms with E-state index in [-0.39, 0.29) is 18.1 Å². The molecule has 6 nitrogen and oxygen atoms in total. The largest absolute Gasteiger partial charge is 0.476 e. The maximum atomic E-state index is 11.1. The molecule has 0 bridgehead atoms. The van der Waals surface area contributed by atoms with Gasteiger partial charge in [0.05, 0.1) is 13.0 Å². The van der Waals surface area contributed by atoms with E-state index in [1.54, 1.807) is 13.2 Å². The third kappa shape index (κ3) is 4.70. The summed E-state index contributed by atoms with van der Waals surface area (Å²) >= 11 is 1.26. The van der Waals surface area contributed by atoms with Crippen molar-refractivity contribution < 1.29 is 19.4 Å². The molecule has 1 heterocycles. The number of rotatable bonds is 6. The van der Waals surface area contributed by atoms with Crippen molar-refractivity contribution in [2.24, 2.45) is 0 Å². The molecule has 0 aliphatic carbocycles. The smallest absolute Gasteiger partial charge is 0.355 e. The van der Waals surface area contributed by atoms with Crippen molar-refractivity contribution in [1.82, 2.24) is 9.97 Å². The topological polar surface area (TPSA) is 89.4 Å². The first-order valence-electron chi connectivity index (χ1n) is 5.55. The van der Waals surface area contributed by atoms with Crippen LogP contribution in [-0.4, -0.2) is 39.9 Å². The van der Waals surface area contributed by atoms with Crippen LogP contribution in [0.1, 0.15) is 29.4 Å². The molecule has 7 heteroatoms. The zero-order valence-electron chi connectivity index (χ0n) is 10.6. The van der Waals surface area contributed by atoms with Crippen LogP contribution >= 0.6 is 11.8 Å². The fraction of sp³-hybridized carbons (Fsp3) is 0.333. The Morgan fingerprint density at radius 1 is 1.53 bits per heavy atom. The summed E-state index contributed by atoms with van der Waals surface area (Å²) in [4.78, 5) is 30.1. The summed E-state index contributed by atoms with van der Waals surface area (Å²) in [5.74, 6) is -1.49. The van der Waals surface area contributed by atoms with Crippen molar-refractivity contribution in [2.45, 2.75) is 18.5 Å². The maximum Gasteiger partial charge on any atom is 0.355 e. The highest BCUT2D eigenvalue weighted by Crippen LogP contribution is 2.13. The number of hydrogen-bond donors (Lipinski definition) is 1. The number of hydrogen-bond acceptors (Lipinski definition) is 6. The minimum atomic E-state index is -1.13. The van der Waals surface area contributed by atoms with E-state index in [9.17, 15) is 9.59 Å². The molecule has 0 spiro atoms. The standard InChI is InChI=1S/C12H14N2O4S/c1-3-18-9(15)6-4-5-8-7-13-12(19-2)14-10(8)11(16)17/h4-5,7H,3,6H2,1-2H3,(H,16,17). The summed E-state index contributed by atoms with van der Waals surface area (Å²) in [6.45, 7) is 2.04. The fourth-order valence-corrected chi connectivity index (χ4v) is 1.61. The van der Waals surface area contributed by atoms with Gasteiger partial charge in [0.2, 0.25) is 0 Å². The molecule has 0 radical (unpaired) electrons. The Morgan fingerprint density at radius 2 is 2.26 bits per heavy atom. The Labute approximate surface area is 114 Å². The lowest BCUT2D eigenvalue weighted by molar-refractivity contribution is -0.142. The third-order valence-corrected chi connectivity index (χ3v) is 2.63. The lowest BCUT2D eigenvalue weighted by atomic mass is 10.2. The number of esters is 1. The third-order valence-electron chi connectivity index (χ3n) is 2.07. The van der Waals surface area contributed by atoms with E-state index >= 15 is 0 Å². The van der Waals surface area contributed by atoms with Gasteiger partial charge in [0.25, 0.3) is 0 Å². The molecule has 1 N–H and O–H groups in total. The molecule has 1 aromatic rings. The van der Waals surface area contributed by atoms with Gasteiger partial charge in [0.15, 0.2) is 10.9 Å². The Kier molecular flexibility index (Phi) is 6.01. The van der Waals surface area contributed by atoms with Crippen LogP contribution in [0.25, 0.3) is 6.08 Å². The normalized spacial score (nSPS) is 10.6. The lowest BCUT2D eigenvalue weighted by Gasteiger charge is -2.02. The minimum absolute atomic E-state index is 0.0805. The van der Waals surface area contributed by atoms with Crippen molar-refractivity contribution in [3.05, 3.63) is 23.5 Å². The summed E-state index contributed by atoms with van der Waals surface area (Å²) < 4.78 is 4.75. The number of carboxylic acids is 1. The number of ether oxygens (including phenoxy) is 1. The van der Waals surface area contributed by atoms with E-state index in [2.05, 4.69) is 9.97 Å². The van der Waals surface area contributed by atoms with Crippen LogP contribution in [-0.2, 0) is 9.53 Å². The number of nitrogens with zero attached hydrogens (tertiary/aromatic N) is 2. The van der Waals surface area contributed by atoms with Crippen LogP contribution in [0.2, 0.25) is 0 Å². The summed E-state index contributed by atoms with van der Waals surface area (Å²) in [5.41, 5.74) is 0.272. The van der Waals surface area contributed by atoms with Gasteiger partial charge in [-0.1, -0.05) is 23.9 Å². The van der Waals surface area contributed by atoms with Crippen LogP contribution in [0.4, 0.5) is 0 Å². The molecular weight excluding hydrogens is 268 g/mol. The van der Waals surface area contributed by atoms with Crippen molar-refractivity contribution in [3.63, 3.8) is 0 Å². The summed E-state index contributed by atoms with van der Waals surface area (Å²) in [6.07, 6.45) is 6.30. The van der Waals surface area contributed by atoms with Crippen LogP contribution in [0.5, 0.6) is 0 Å². The number of carboxylic acid groups (broad SMARTS) is 1. The first kappa shape index (κ1) is 15.2. The number of carbonyl (C=O) groups is 2. The lowest BCUT2D eigenvalue weighted by Crippen LogP contribution is -2.06. The van der Waals surface area contributed by atoms with Gasteiger partial charge < -0.3 is 9.84 Å². The molecule has 0 aliphatic rings. The number of thioether (sulfide) groups is 1. The van der Waals surface area contributed by atoms with E-state index < -0.39 is 5.97 Å². The van der Waals surface area contributed by atoms with Crippen LogP contribution in [0, 0.1) is 0 Å². The first-order valence-corrected chi connectivity index (χ1v) is 6.77. The van der Waals surface area contributed by atoms with Gasteiger partial charge in [-0.05, 0) is 13.2 Å². The monoisotopic (exact) mass is 282 g/mol. The highest BCUT2D eigenvalue weighted by molar-refractivity contribution is 7.98. The second-order valence-corrected chi connectivity index (χ2v) is 4.15. The van der Waals surface area contributed by atoms with Gasteiger partial charge >= 0.3 is 11.9 Å². The molecule has 0 atom stereocenters. The molecule has 0 aromatic carbocycles. The van der Waals surface area contributed by atoms with Gasteiger partial charge in [-0.3, -0.25) is 4.79 Å². The molecule has 19 heavy (non-hydrogen) atoms. The van der Waals surface area contributed by atoms with E-state index in [4.69, 9.17) is 9.84 Å². The van der Waals surface area contributed by atoms with Gasteiger partial charge in [-0.15, -0.1) is 0 Å². The molecule has 102 valence electrons. The van der Waals surface area contributed by atoms with Crippen molar-refractivity contribution >= 4 is 29.8 Å². The molecule has 0 amide bonds. The highest BCUT2D eigenvalue weighted by Gasteiger charge is 2.12. The molecule has 0 saturated carbocycles. The van der Waals surface area contributed by atoms with Gasteiger partial charge in [-0.25, -0.2) is 14.8 Å². The van der Waals surface area contributed by atoms with E-state index in [1.807, 2.05) is 0 Å². The minimum Gasteiger partial charge on any atom is -0.476 e. The van der Waals surface area contributed by atoms with Gasteiger partial charge in [-0.2, -0.15) is 0 Å². The first-order chi connectivity index (χ1) is 9.08. The van der Waals surface area contributed by atoms with Crippen molar-refractivity contribution in [1.29, 1.82) is 0 Å². The molecule has 0 unspecified atom stereocenters. The Balaban J connectivity index is 2.85. The molecule has 0 saturated heterocycles. The molecular formula is C12H14N2O4S. The van der Waals surface area contributed by atoms with Crippen LogP contribution in [0.3, 0.4) is 0 Å². The molecule has 0 fully saturated rings. The number of carbonyl (C=O) groups excluding carboxylic acids is 1. The van der Waals surface area contributed by atoms with Crippen LogP contribution in [0.15, 0.2) is 17.4 Å². The molecule has 1 rings (SSSR count). The van der Waals surface area contributed by atoms with E-state index in [0.29, 0.717) is 17.3 Å². The maximum absolute atomic E-state index is 11.1. The quantitative estimate of drug-likeness (QED) is 0.484. The number of aromatic carboxylic acids is 1. The number of aromatic nitrogens is 2. The summed E-state index contributed by atoms with van der Waals surface area (Å²) in [5, 5.41) is 9.44. The summed E-state index contributed by atoms with van der Waals surface area (Å²) in [6, 6.07) is 0. The molecule has 0 aliphatic heterocycles. The average molecular weight is 282 g/mol. The SMILES string of the molecule is CCOC(=O)CC=Cc1cnc(SC)nc1C(=O)O. The van der Waals surface area contributed by atoms with Gasteiger partial charge in [0.1, 0.15) is 0 Å². The predicted octanol–water partition coefficient (Wildman–Crippen LogP) is 1.86. The second-order valence-electron chi connectivity index (χ2n) is 3.38. The Morgan fingerprint density at radius 3 is 2.84 bits per heavy atom. The Bertz CT molecular complexity index is 503. The van der Waals surface area contributed by atoms with Crippen molar-refractivity contribution in [3.8, 4) is 0 Å². The molecule has 1 aromatic heterocycles. The predicted molar refractivity (Wildman–Crippen MR) is 71.1 cm³/mol.